The van der Waals surface area contributed by atoms with Crippen LogP contribution in [0.4, 0.5) is 51.2 Å². The fourth-order valence-electron chi connectivity index (χ4n) is 4.56. The van der Waals surface area contributed by atoms with Crippen molar-refractivity contribution in [2.75, 3.05) is 48.5 Å². The van der Waals surface area contributed by atoms with E-state index in [0.717, 1.165) is 31.0 Å². The number of hydrogen-bond donors (Lipinski definition) is 5. The highest BCUT2D eigenvalue weighted by Gasteiger charge is 2.33. The summed E-state index contributed by atoms with van der Waals surface area (Å²) in [6, 6.07) is 12.3. The standard InChI is InChI=1S/C31H33F4N8O2PS/c1-43(2)13-12-37-28-23(17-38-29(42-28)39-20-4-3-5-22(16-20)47(36,45)21-8-9-21)18-6-11-26(25(33)14-18)40-30(44)41-27-15-19(31(34,35)46)7-10-24(27)32/h3-7,10-11,14-17,21,36H,8-9,12-13,46H2,1-2H3,(H2,40,41,44)(H2,37,38,39,42). The summed E-state index contributed by atoms with van der Waals surface area (Å²) in [6.45, 7) is 1.16. The molecule has 10 nitrogen and oxygen atoms in total. The van der Waals surface area contributed by atoms with E-state index in [9.17, 15) is 22.2 Å². The Morgan fingerprint density at radius 2 is 1.79 bits per heavy atom. The summed E-state index contributed by atoms with van der Waals surface area (Å²) in [5.74, 6) is -1.16. The van der Waals surface area contributed by atoms with E-state index in [1.165, 1.54) is 33.6 Å². The van der Waals surface area contributed by atoms with Gasteiger partial charge in [0.2, 0.25) is 5.95 Å². The van der Waals surface area contributed by atoms with E-state index < -0.39 is 44.3 Å². The van der Waals surface area contributed by atoms with Crippen molar-refractivity contribution in [3.63, 3.8) is 0 Å². The Labute approximate surface area is 272 Å². The van der Waals surface area contributed by atoms with Crippen LogP contribution in [0.15, 0.2) is 71.8 Å². The first-order valence-electron chi connectivity index (χ1n) is 14.5. The highest BCUT2D eigenvalue weighted by molar-refractivity contribution is 7.93. The van der Waals surface area contributed by atoms with Crippen LogP contribution >= 0.6 is 9.24 Å². The van der Waals surface area contributed by atoms with Crippen LogP contribution in [0.25, 0.3) is 11.1 Å². The van der Waals surface area contributed by atoms with Gasteiger partial charge in [0, 0.05) is 46.2 Å². The van der Waals surface area contributed by atoms with Crippen LogP contribution in [0.3, 0.4) is 0 Å². The first-order valence-corrected chi connectivity index (χ1v) is 16.7. The fraction of sp³-hybridized carbons (Fsp3) is 0.258. The monoisotopic (exact) mass is 688 g/mol. The van der Waals surface area contributed by atoms with E-state index in [-0.39, 0.29) is 16.9 Å². The van der Waals surface area contributed by atoms with E-state index in [4.69, 9.17) is 4.78 Å². The lowest BCUT2D eigenvalue weighted by Gasteiger charge is -2.16. The first-order chi connectivity index (χ1) is 22.2. The Kier molecular flexibility index (Phi) is 9.99. The number of benzene rings is 3. The topological polar surface area (TPSA) is 135 Å². The van der Waals surface area contributed by atoms with Gasteiger partial charge in [-0.2, -0.15) is 13.8 Å². The number of alkyl halides is 2. The third-order valence-electron chi connectivity index (χ3n) is 7.20. The van der Waals surface area contributed by atoms with Crippen LogP contribution in [0.2, 0.25) is 0 Å². The second kappa shape index (κ2) is 13.8. The zero-order valence-electron chi connectivity index (χ0n) is 25.4. The molecule has 1 aromatic heterocycles. The third kappa shape index (κ3) is 8.53. The third-order valence-corrected chi connectivity index (χ3v) is 9.90. The molecule has 3 aromatic carbocycles. The van der Waals surface area contributed by atoms with Crippen molar-refractivity contribution in [1.82, 2.24) is 14.9 Å². The molecule has 5 N–H and O–H groups in total. The molecule has 47 heavy (non-hydrogen) atoms. The summed E-state index contributed by atoms with van der Waals surface area (Å²) in [5.41, 5.74) is -3.21. The van der Waals surface area contributed by atoms with Gasteiger partial charge in [-0.3, -0.25) is 0 Å². The maximum atomic E-state index is 15.2. The highest BCUT2D eigenvalue weighted by Crippen LogP contribution is 2.37. The molecule has 1 saturated carbocycles. The Morgan fingerprint density at radius 3 is 2.47 bits per heavy atom. The Balaban J connectivity index is 1.35. The quantitative estimate of drug-likeness (QED) is 0.0780. The number of anilines is 5. The summed E-state index contributed by atoms with van der Waals surface area (Å²) >= 11 is 0. The number of carbonyl (C=O) groups is 1. The Morgan fingerprint density at radius 1 is 1.04 bits per heavy atom. The summed E-state index contributed by atoms with van der Waals surface area (Å²) in [7, 11) is 2.26. The second-order valence-corrected chi connectivity index (χ2v) is 14.3. The predicted molar refractivity (Wildman–Crippen MR) is 179 cm³/mol. The van der Waals surface area contributed by atoms with E-state index >= 15 is 4.39 Å². The molecule has 0 radical (unpaired) electrons. The lowest BCUT2D eigenvalue weighted by atomic mass is 10.1. The molecule has 1 aliphatic carbocycles. The molecule has 2 amide bonds. The normalized spacial score (nSPS) is 14.4. The van der Waals surface area contributed by atoms with Crippen molar-refractivity contribution in [3.8, 4) is 11.1 Å². The molecule has 5 rings (SSSR count). The van der Waals surface area contributed by atoms with Crippen molar-refractivity contribution in [2.24, 2.45) is 0 Å². The second-order valence-electron chi connectivity index (χ2n) is 11.2. The van der Waals surface area contributed by atoms with Crippen molar-refractivity contribution in [2.45, 2.75) is 28.7 Å². The highest BCUT2D eigenvalue weighted by atomic mass is 32.2. The number of amides is 2. The number of likely N-dealkylation sites (N-methyl/N-ethyl adjacent to an activating group) is 1. The largest absolute Gasteiger partial charge is 0.368 e. The molecule has 0 saturated heterocycles. The van der Waals surface area contributed by atoms with Gasteiger partial charge in [-0.05, 0) is 81.0 Å². The van der Waals surface area contributed by atoms with Gasteiger partial charge in [-0.15, -0.1) is 0 Å². The number of hydrogen-bond acceptors (Lipinski definition) is 8. The minimum atomic E-state index is -3.34. The smallest absolute Gasteiger partial charge is 0.323 e. The van der Waals surface area contributed by atoms with Gasteiger partial charge in [0.1, 0.15) is 17.5 Å². The molecule has 0 aliphatic heterocycles. The Hall–Kier alpha value is -4.33. The molecule has 4 aromatic rings. The molecule has 1 fully saturated rings. The molecule has 2 atom stereocenters. The van der Waals surface area contributed by atoms with Gasteiger partial charge >= 0.3 is 6.03 Å². The minimum Gasteiger partial charge on any atom is -0.368 e. The van der Waals surface area contributed by atoms with Gasteiger partial charge in [-0.25, -0.2) is 27.5 Å². The number of aromatic nitrogens is 2. The van der Waals surface area contributed by atoms with Gasteiger partial charge in [0.05, 0.1) is 21.1 Å². The van der Waals surface area contributed by atoms with Crippen molar-refractivity contribution in [1.29, 1.82) is 4.78 Å². The van der Waals surface area contributed by atoms with Crippen LogP contribution in [0.1, 0.15) is 18.4 Å². The number of nitrogens with one attached hydrogen (secondary N) is 5. The Bertz CT molecular complexity index is 1900. The van der Waals surface area contributed by atoms with Crippen LogP contribution in [-0.4, -0.2) is 57.5 Å². The molecular formula is C31H33F4N8O2PS. The maximum Gasteiger partial charge on any atom is 0.323 e. The summed E-state index contributed by atoms with van der Waals surface area (Å²) < 4.78 is 78.0. The number of rotatable bonds is 12. The lowest BCUT2D eigenvalue weighted by molar-refractivity contribution is 0.104. The summed E-state index contributed by atoms with van der Waals surface area (Å²) in [4.78, 5) is 23.9. The van der Waals surface area contributed by atoms with Gasteiger partial charge in [0.25, 0.3) is 5.66 Å². The molecule has 16 heteroatoms. The first kappa shape index (κ1) is 34.0. The molecule has 0 bridgehead atoms. The van der Waals surface area contributed by atoms with E-state index in [2.05, 4.69) is 31.2 Å². The average molecular weight is 689 g/mol. The lowest BCUT2D eigenvalue weighted by Crippen LogP contribution is -2.21. The van der Waals surface area contributed by atoms with Gasteiger partial charge < -0.3 is 26.2 Å². The summed E-state index contributed by atoms with van der Waals surface area (Å²) in [6.07, 6.45) is 3.04. The minimum absolute atomic E-state index is 0.131. The van der Waals surface area contributed by atoms with Crippen LogP contribution < -0.4 is 21.3 Å². The number of urea groups is 1. The van der Waals surface area contributed by atoms with Crippen molar-refractivity contribution >= 4 is 53.8 Å². The molecule has 1 heterocycles. The number of carbonyl (C=O) groups excluding carboxylic acids is 1. The molecule has 248 valence electrons. The van der Waals surface area contributed by atoms with Crippen molar-refractivity contribution < 1.29 is 26.6 Å². The van der Waals surface area contributed by atoms with Crippen LogP contribution in [-0.2, 0) is 15.4 Å². The fourth-order valence-corrected chi connectivity index (χ4v) is 6.51. The predicted octanol–water partition coefficient (Wildman–Crippen LogP) is 7.28. The maximum absolute atomic E-state index is 15.2. The molecular weight excluding hydrogens is 655 g/mol. The average Bonchev–Trinajstić information content (AvgIpc) is 3.86. The van der Waals surface area contributed by atoms with Gasteiger partial charge in [0.15, 0.2) is 0 Å². The van der Waals surface area contributed by atoms with Gasteiger partial charge in [-0.1, -0.05) is 21.4 Å². The zero-order chi connectivity index (χ0) is 33.9. The number of nitrogens with zero attached hydrogens (tertiary/aromatic N) is 3. The van der Waals surface area contributed by atoms with Crippen molar-refractivity contribution in [3.05, 3.63) is 84.1 Å². The van der Waals surface area contributed by atoms with Crippen LogP contribution in [0, 0.1) is 16.4 Å². The van der Waals surface area contributed by atoms with E-state index in [1.807, 2.05) is 19.0 Å². The van der Waals surface area contributed by atoms with E-state index in [1.54, 1.807) is 24.3 Å². The molecule has 1 aliphatic rings. The van der Waals surface area contributed by atoms with Crippen LogP contribution in [0.5, 0.6) is 0 Å². The zero-order valence-corrected chi connectivity index (χ0v) is 27.4. The number of halogens is 4. The molecule has 2 unspecified atom stereocenters. The molecule has 0 spiro atoms. The summed E-state index contributed by atoms with van der Waals surface area (Å²) in [5, 5.41) is 10.6. The van der Waals surface area contributed by atoms with E-state index in [0.29, 0.717) is 40.6 Å². The SMILES string of the molecule is CN(C)CCNc1nc(Nc2cccc(S(=N)(=O)C3CC3)c2)ncc1-c1ccc(NC(=O)Nc2cc(C(F)(F)P)ccc2F)c(F)c1.